The van der Waals surface area contributed by atoms with E-state index in [4.69, 9.17) is 4.74 Å². The van der Waals surface area contributed by atoms with Gasteiger partial charge in [-0.1, -0.05) is 42.5 Å². The van der Waals surface area contributed by atoms with Gasteiger partial charge in [-0.2, -0.15) is 0 Å². The van der Waals surface area contributed by atoms with Crippen molar-refractivity contribution in [3.63, 3.8) is 0 Å². The van der Waals surface area contributed by atoms with Crippen LogP contribution in [0.5, 0.6) is 0 Å². The minimum atomic E-state index is -0.631. The number of hydrogen-bond acceptors (Lipinski definition) is 6. The number of benzene rings is 2. The van der Waals surface area contributed by atoms with Gasteiger partial charge in [0.25, 0.3) is 5.69 Å². The zero-order valence-corrected chi connectivity index (χ0v) is 17.3. The Kier molecular flexibility index (Phi) is 5.42. The lowest BCUT2D eigenvalue weighted by molar-refractivity contribution is -0.384. The largest absolute Gasteiger partial charge is 0.466 e. The fourth-order valence-corrected chi connectivity index (χ4v) is 4.50. The molecule has 1 aliphatic heterocycles. The van der Waals surface area contributed by atoms with Crippen LogP contribution in [0.25, 0.3) is 0 Å². The van der Waals surface area contributed by atoms with Crippen molar-refractivity contribution in [2.24, 2.45) is 0 Å². The molecular formula is C24H22N2O5. The number of non-ortho nitro benzene ring substituents is 1. The second-order valence-electron chi connectivity index (χ2n) is 7.77. The highest BCUT2D eigenvalue weighted by molar-refractivity contribution is 6.04. The van der Waals surface area contributed by atoms with Crippen LogP contribution in [0.15, 0.2) is 77.1 Å². The normalized spacial score (nSPS) is 20.8. The molecule has 0 saturated heterocycles. The van der Waals surface area contributed by atoms with E-state index in [1.54, 1.807) is 19.1 Å². The van der Waals surface area contributed by atoms with Crippen LogP contribution in [0.1, 0.15) is 42.7 Å². The van der Waals surface area contributed by atoms with Crippen molar-refractivity contribution >= 4 is 17.4 Å². The molecule has 0 aromatic heterocycles. The molecule has 2 atom stereocenters. The highest BCUT2D eigenvalue weighted by atomic mass is 16.6. The Hall–Kier alpha value is -3.74. The van der Waals surface area contributed by atoms with Crippen LogP contribution < -0.4 is 5.32 Å². The van der Waals surface area contributed by atoms with E-state index in [9.17, 15) is 19.7 Å². The van der Waals surface area contributed by atoms with Crippen LogP contribution >= 0.6 is 0 Å². The molecule has 1 N–H and O–H groups in total. The van der Waals surface area contributed by atoms with Gasteiger partial charge < -0.3 is 10.1 Å². The number of allylic oxidation sites excluding steroid dienone is 3. The third-order valence-corrected chi connectivity index (χ3v) is 5.94. The van der Waals surface area contributed by atoms with Gasteiger partial charge in [0.2, 0.25) is 0 Å². The van der Waals surface area contributed by atoms with E-state index in [0.29, 0.717) is 35.2 Å². The van der Waals surface area contributed by atoms with Gasteiger partial charge in [0.1, 0.15) is 0 Å². The molecule has 0 unspecified atom stereocenters. The summed E-state index contributed by atoms with van der Waals surface area (Å²) in [5.74, 6) is -1.16. The van der Waals surface area contributed by atoms with Crippen LogP contribution in [0.4, 0.5) is 5.69 Å². The van der Waals surface area contributed by atoms with Gasteiger partial charge in [-0.25, -0.2) is 4.79 Å². The predicted molar refractivity (Wildman–Crippen MR) is 114 cm³/mol. The van der Waals surface area contributed by atoms with Gasteiger partial charge in [-0.15, -0.1) is 0 Å². The number of ketones is 1. The number of nitro groups is 1. The summed E-state index contributed by atoms with van der Waals surface area (Å²) in [4.78, 5) is 36.6. The lowest BCUT2D eigenvalue weighted by Gasteiger charge is -2.36. The van der Waals surface area contributed by atoms with E-state index in [1.807, 2.05) is 30.3 Å². The fraction of sp³-hybridized carbons (Fsp3) is 0.250. The van der Waals surface area contributed by atoms with Crippen LogP contribution in [0.3, 0.4) is 0 Å². The zero-order chi connectivity index (χ0) is 22.1. The molecule has 0 amide bonds. The summed E-state index contributed by atoms with van der Waals surface area (Å²) in [6, 6.07) is 15.9. The molecule has 1 heterocycles. The molecule has 2 aliphatic rings. The van der Waals surface area contributed by atoms with E-state index in [2.05, 4.69) is 5.32 Å². The molecule has 158 valence electrons. The quantitative estimate of drug-likeness (QED) is 0.455. The first-order valence-electron chi connectivity index (χ1n) is 10.0. The molecule has 1 aliphatic carbocycles. The van der Waals surface area contributed by atoms with Crippen molar-refractivity contribution in [2.45, 2.75) is 31.6 Å². The number of hydrogen-bond donors (Lipinski definition) is 1. The number of rotatable bonds is 4. The van der Waals surface area contributed by atoms with Crippen molar-refractivity contribution in [1.82, 2.24) is 5.32 Å². The average Bonchev–Trinajstić information content (AvgIpc) is 2.78. The number of dihydropyridines is 1. The Balaban J connectivity index is 1.80. The second-order valence-corrected chi connectivity index (χ2v) is 7.77. The maximum atomic E-state index is 13.4. The van der Waals surface area contributed by atoms with Crippen molar-refractivity contribution in [3.8, 4) is 0 Å². The predicted octanol–water partition coefficient (Wildman–Crippen LogP) is 4.13. The minimum Gasteiger partial charge on any atom is -0.466 e. The van der Waals surface area contributed by atoms with Crippen molar-refractivity contribution < 1.29 is 19.2 Å². The summed E-state index contributed by atoms with van der Waals surface area (Å²) in [5.41, 5.74) is 3.98. The molecule has 7 nitrogen and oxygen atoms in total. The standard InChI is InChI=1S/C24H22N2O5/c1-14-21(24(28)31-2)22(16-8-10-18(11-9-16)26(29)30)23-19(25-14)12-17(13-20(23)27)15-6-4-3-5-7-15/h3-11,17,22,25H,12-13H2,1-2H3/t17-,22-/m0/s1. The lowest BCUT2D eigenvalue weighted by atomic mass is 9.71. The Morgan fingerprint density at radius 3 is 2.35 bits per heavy atom. The Morgan fingerprint density at radius 1 is 1.06 bits per heavy atom. The molecule has 31 heavy (non-hydrogen) atoms. The van der Waals surface area contributed by atoms with E-state index in [1.165, 1.54) is 19.2 Å². The first-order chi connectivity index (χ1) is 14.9. The SMILES string of the molecule is COC(=O)C1=C(C)NC2=C(C(=O)C[C@@H](c3ccccc3)C2)[C@H]1c1ccc([N+](=O)[O-])cc1. The van der Waals surface area contributed by atoms with Gasteiger partial charge in [-0.3, -0.25) is 14.9 Å². The number of carbonyl (C=O) groups is 2. The van der Waals surface area contributed by atoms with Crippen LogP contribution in [0.2, 0.25) is 0 Å². The van der Waals surface area contributed by atoms with E-state index >= 15 is 0 Å². The fourth-order valence-electron chi connectivity index (χ4n) is 4.50. The molecule has 0 spiro atoms. The highest BCUT2D eigenvalue weighted by Gasteiger charge is 2.41. The number of carbonyl (C=O) groups excluding carboxylic acids is 2. The number of esters is 1. The lowest BCUT2D eigenvalue weighted by Crippen LogP contribution is -2.36. The molecule has 2 aromatic rings. The zero-order valence-electron chi connectivity index (χ0n) is 17.3. The number of methoxy groups -OCH3 is 1. The van der Waals surface area contributed by atoms with Gasteiger partial charge in [-0.05, 0) is 30.4 Å². The van der Waals surface area contributed by atoms with Gasteiger partial charge >= 0.3 is 5.97 Å². The molecule has 0 fully saturated rings. The van der Waals surface area contributed by atoms with Gasteiger partial charge in [0.05, 0.1) is 17.6 Å². The third kappa shape index (κ3) is 3.74. The number of Topliss-reactive ketones (excluding diaryl/α,β-unsaturated/α-hetero) is 1. The summed E-state index contributed by atoms with van der Waals surface area (Å²) in [5, 5.41) is 14.3. The topological polar surface area (TPSA) is 98.5 Å². The Morgan fingerprint density at radius 2 is 1.74 bits per heavy atom. The first-order valence-corrected chi connectivity index (χ1v) is 10.0. The van der Waals surface area contributed by atoms with Crippen molar-refractivity contribution in [3.05, 3.63) is 98.4 Å². The van der Waals surface area contributed by atoms with E-state index in [0.717, 1.165) is 11.3 Å². The van der Waals surface area contributed by atoms with Crippen molar-refractivity contribution in [1.29, 1.82) is 0 Å². The highest BCUT2D eigenvalue weighted by Crippen LogP contribution is 2.45. The van der Waals surface area contributed by atoms with E-state index in [-0.39, 0.29) is 17.4 Å². The number of nitrogens with one attached hydrogen (secondary N) is 1. The molecule has 0 bridgehead atoms. The monoisotopic (exact) mass is 418 g/mol. The molecule has 7 heteroatoms. The number of nitro benzene ring substituents is 1. The Bertz CT molecular complexity index is 1120. The average molecular weight is 418 g/mol. The van der Waals surface area contributed by atoms with Gasteiger partial charge in [0, 0.05) is 41.4 Å². The summed E-state index contributed by atoms with van der Waals surface area (Å²) in [6.45, 7) is 1.78. The maximum Gasteiger partial charge on any atom is 0.336 e. The molecular weight excluding hydrogens is 396 g/mol. The van der Waals surface area contributed by atoms with Gasteiger partial charge in [0.15, 0.2) is 5.78 Å². The summed E-state index contributed by atoms with van der Waals surface area (Å²) in [6.07, 6.45) is 0.974. The summed E-state index contributed by atoms with van der Waals surface area (Å²) >= 11 is 0. The first kappa shape index (κ1) is 20.5. The third-order valence-electron chi connectivity index (χ3n) is 5.94. The van der Waals surface area contributed by atoms with Crippen LogP contribution in [-0.2, 0) is 14.3 Å². The maximum absolute atomic E-state index is 13.4. The molecule has 4 rings (SSSR count). The number of nitrogens with zero attached hydrogens (tertiary/aromatic N) is 1. The van der Waals surface area contributed by atoms with Crippen LogP contribution in [0, 0.1) is 10.1 Å². The van der Waals surface area contributed by atoms with E-state index < -0.39 is 16.8 Å². The minimum absolute atomic E-state index is 0.0418. The molecule has 0 saturated carbocycles. The molecule has 0 radical (unpaired) electrons. The number of ether oxygens (including phenoxy) is 1. The second kappa shape index (κ2) is 8.18. The smallest absolute Gasteiger partial charge is 0.336 e. The Labute approximate surface area is 179 Å². The molecule has 2 aromatic carbocycles. The summed E-state index contributed by atoms with van der Waals surface area (Å²) in [7, 11) is 1.30. The summed E-state index contributed by atoms with van der Waals surface area (Å²) < 4.78 is 5.00. The van der Waals surface area contributed by atoms with Crippen LogP contribution in [-0.4, -0.2) is 23.8 Å². The van der Waals surface area contributed by atoms with Crippen molar-refractivity contribution in [2.75, 3.05) is 7.11 Å².